The monoisotopic (exact) mass is 335 g/mol. The van der Waals surface area contributed by atoms with Gasteiger partial charge in [0.05, 0.1) is 10.6 Å². The van der Waals surface area contributed by atoms with Crippen LogP contribution in [0.25, 0.3) is 0 Å². The third kappa shape index (κ3) is 3.24. The molecule has 7 nitrogen and oxygen atoms in total. The van der Waals surface area contributed by atoms with Gasteiger partial charge in [0, 0.05) is 31.7 Å². The molecule has 1 aromatic carbocycles. The molecule has 1 saturated heterocycles. The van der Waals surface area contributed by atoms with E-state index in [2.05, 4.69) is 20.5 Å². The number of aromatic nitrogens is 3. The third-order valence-corrected chi connectivity index (χ3v) is 4.43. The number of anilines is 1. The first kappa shape index (κ1) is 15.6. The highest BCUT2D eigenvalue weighted by Gasteiger charge is 2.28. The molecule has 0 spiro atoms. The van der Waals surface area contributed by atoms with Gasteiger partial charge in [-0.25, -0.2) is 9.89 Å². The van der Waals surface area contributed by atoms with Crippen LogP contribution in [-0.2, 0) is 0 Å². The summed E-state index contributed by atoms with van der Waals surface area (Å²) >= 11 is 6.18. The predicted octanol–water partition coefficient (Wildman–Crippen LogP) is 1.81. The normalized spacial score (nSPS) is 18.0. The number of piperidine rings is 1. The van der Waals surface area contributed by atoms with Gasteiger partial charge in [-0.1, -0.05) is 11.6 Å². The Balaban J connectivity index is 1.81. The van der Waals surface area contributed by atoms with Gasteiger partial charge in [0.2, 0.25) is 0 Å². The smallest absolute Gasteiger partial charge is 0.340 e. The van der Waals surface area contributed by atoms with Crippen LogP contribution in [0.4, 0.5) is 5.69 Å². The highest BCUT2D eigenvalue weighted by atomic mass is 35.5. The van der Waals surface area contributed by atoms with E-state index < -0.39 is 0 Å². The lowest BCUT2D eigenvalue weighted by atomic mass is 9.96. The Morgan fingerprint density at radius 1 is 1.48 bits per heavy atom. The molecule has 0 saturated carbocycles. The molecule has 8 heteroatoms. The van der Waals surface area contributed by atoms with E-state index in [1.165, 1.54) is 0 Å². The molecule has 0 radical (unpaired) electrons. The molecular formula is C15H18ClN5O2. The van der Waals surface area contributed by atoms with Crippen LogP contribution in [0, 0.1) is 0 Å². The number of rotatable bonds is 3. The molecule has 1 aromatic heterocycles. The maximum absolute atomic E-state index is 12.8. The molecule has 1 aliphatic rings. The summed E-state index contributed by atoms with van der Waals surface area (Å²) in [4.78, 5) is 28.4. The van der Waals surface area contributed by atoms with Crippen LogP contribution in [0.15, 0.2) is 23.0 Å². The van der Waals surface area contributed by atoms with E-state index in [-0.39, 0.29) is 17.5 Å². The number of likely N-dealkylation sites (tertiary alicyclic amines) is 1. The summed E-state index contributed by atoms with van der Waals surface area (Å²) in [5.41, 5.74) is 0.992. The summed E-state index contributed by atoms with van der Waals surface area (Å²) < 4.78 is 0. The van der Waals surface area contributed by atoms with Crippen molar-refractivity contribution in [2.75, 3.05) is 25.5 Å². The summed E-state index contributed by atoms with van der Waals surface area (Å²) in [5.74, 6) is 0.523. The number of amides is 1. The highest BCUT2D eigenvalue weighted by Crippen LogP contribution is 2.27. The van der Waals surface area contributed by atoms with Gasteiger partial charge in [-0.2, -0.15) is 5.10 Å². The fraction of sp³-hybridized carbons (Fsp3) is 0.400. The first-order chi connectivity index (χ1) is 11.1. The van der Waals surface area contributed by atoms with Crippen molar-refractivity contribution in [2.24, 2.45) is 0 Å². The van der Waals surface area contributed by atoms with Gasteiger partial charge < -0.3 is 10.2 Å². The zero-order valence-electron chi connectivity index (χ0n) is 12.7. The number of H-pyrrole nitrogens is 2. The van der Waals surface area contributed by atoms with Crippen molar-refractivity contribution in [1.29, 1.82) is 0 Å². The molecule has 122 valence electrons. The lowest BCUT2D eigenvalue weighted by molar-refractivity contribution is 0.0705. The molecule has 23 heavy (non-hydrogen) atoms. The van der Waals surface area contributed by atoms with Gasteiger partial charge in [0.15, 0.2) is 0 Å². The Hall–Kier alpha value is -2.28. The molecule has 2 heterocycles. The van der Waals surface area contributed by atoms with Crippen molar-refractivity contribution in [1.82, 2.24) is 20.1 Å². The summed E-state index contributed by atoms with van der Waals surface area (Å²) in [6.07, 6.45) is 1.74. The standard InChI is InChI=1S/C15H18ClN5O2/c1-17-10-4-5-12(16)11(7-10)14(22)21-6-2-3-9(8-21)13-18-15(23)20-19-13/h4-5,7,9,17H,2-3,6,8H2,1H3,(H2,18,19,20,23). The number of hydrogen-bond donors (Lipinski definition) is 3. The van der Waals surface area contributed by atoms with Crippen LogP contribution >= 0.6 is 11.6 Å². The van der Waals surface area contributed by atoms with E-state index in [1.807, 2.05) is 6.07 Å². The SMILES string of the molecule is CNc1ccc(Cl)c(C(=O)N2CCCC(c3n[nH]c(=O)[nH]3)C2)c1. The molecule has 1 atom stereocenters. The van der Waals surface area contributed by atoms with Crippen LogP contribution in [-0.4, -0.2) is 46.1 Å². The zero-order valence-corrected chi connectivity index (χ0v) is 13.5. The number of benzene rings is 1. The predicted molar refractivity (Wildman–Crippen MR) is 88.1 cm³/mol. The third-order valence-electron chi connectivity index (χ3n) is 4.10. The molecule has 3 N–H and O–H groups in total. The number of carbonyl (C=O) groups excluding carboxylic acids is 1. The number of nitrogens with one attached hydrogen (secondary N) is 3. The minimum atomic E-state index is -0.326. The molecule has 0 bridgehead atoms. The Kier molecular flexibility index (Phi) is 4.38. The second kappa shape index (κ2) is 6.45. The molecule has 1 unspecified atom stereocenters. The van der Waals surface area contributed by atoms with Crippen LogP contribution in [0.2, 0.25) is 5.02 Å². The van der Waals surface area contributed by atoms with Gasteiger partial charge in [0.1, 0.15) is 5.82 Å². The van der Waals surface area contributed by atoms with Crippen LogP contribution in [0.1, 0.15) is 34.9 Å². The van der Waals surface area contributed by atoms with Crippen molar-refractivity contribution >= 4 is 23.2 Å². The van der Waals surface area contributed by atoms with Gasteiger partial charge in [-0.15, -0.1) is 0 Å². The zero-order chi connectivity index (χ0) is 16.4. The van der Waals surface area contributed by atoms with E-state index in [0.717, 1.165) is 18.5 Å². The quantitative estimate of drug-likeness (QED) is 0.797. The lowest BCUT2D eigenvalue weighted by Gasteiger charge is -2.32. The van der Waals surface area contributed by atoms with Crippen molar-refractivity contribution in [3.05, 3.63) is 45.1 Å². The van der Waals surface area contributed by atoms with Crippen molar-refractivity contribution in [2.45, 2.75) is 18.8 Å². The van der Waals surface area contributed by atoms with Crippen LogP contribution < -0.4 is 11.0 Å². The molecule has 1 aliphatic heterocycles. The van der Waals surface area contributed by atoms with Crippen LogP contribution in [0.3, 0.4) is 0 Å². The van der Waals surface area contributed by atoms with Crippen LogP contribution in [0.5, 0.6) is 0 Å². The lowest BCUT2D eigenvalue weighted by Crippen LogP contribution is -2.39. The van der Waals surface area contributed by atoms with Crippen molar-refractivity contribution in [3.8, 4) is 0 Å². The Bertz CT molecular complexity index is 769. The average Bonchev–Trinajstić information content (AvgIpc) is 3.01. The number of carbonyl (C=O) groups is 1. The first-order valence-corrected chi connectivity index (χ1v) is 7.87. The van der Waals surface area contributed by atoms with Crippen molar-refractivity contribution in [3.63, 3.8) is 0 Å². The minimum absolute atomic E-state index is 0.0258. The Labute approximate surface area is 138 Å². The topological polar surface area (TPSA) is 93.9 Å². The van der Waals surface area contributed by atoms with Gasteiger partial charge in [0.25, 0.3) is 5.91 Å². The van der Waals surface area contributed by atoms with Gasteiger partial charge in [-0.05, 0) is 31.0 Å². The molecule has 1 fully saturated rings. The number of hydrogen-bond acceptors (Lipinski definition) is 4. The summed E-state index contributed by atoms with van der Waals surface area (Å²) in [5, 5.41) is 9.80. The molecule has 1 amide bonds. The fourth-order valence-electron chi connectivity index (χ4n) is 2.88. The minimum Gasteiger partial charge on any atom is -0.388 e. The second-order valence-corrected chi connectivity index (χ2v) is 6.01. The first-order valence-electron chi connectivity index (χ1n) is 7.49. The Morgan fingerprint density at radius 3 is 3.00 bits per heavy atom. The molecule has 2 aromatic rings. The van der Waals surface area contributed by atoms with E-state index in [9.17, 15) is 9.59 Å². The summed E-state index contributed by atoms with van der Waals surface area (Å²) in [6, 6.07) is 5.30. The van der Waals surface area contributed by atoms with E-state index in [4.69, 9.17) is 11.6 Å². The number of aromatic amines is 2. The van der Waals surface area contributed by atoms with E-state index in [0.29, 0.717) is 29.5 Å². The van der Waals surface area contributed by atoms with E-state index in [1.54, 1.807) is 24.1 Å². The maximum atomic E-state index is 12.8. The fourth-order valence-corrected chi connectivity index (χ4v) is 3.07. The van der Waals surface area contributed by atoms with Gasteiger partial charge in [-0.3, -0.25) is 9.78 Å². The molecular weight excluding hydrogens is 318 g/mol. The average molecular weight is 336 g/mol. The van der Waals surface area contributed by atoms with E-state index >= 15 is 0 Å². The summed E-state index contributed by atoms with van der Waals surface area (Å²) in [7, 11) is 1.79. The molecule has 0 aliphatic carbocycles. The van der Waals surface area contributed by atoms with Crippen molar-refractivity contribution < 1.29 is 4.79 Å². The maximum Gasteiger partial charge on any atom is 0.340 e. The largest absolute Gasteiger partial charge is 0.388 e. The number of nitrogens with zero attached hydrogens (tertiary/aromatic N) is 2. The summed E-state index contributed by atoms with van der Waals surface area (Å²) in [6.45, 7) is 1.18. The highest BCUT2D eigenvalue weighted by molar-refractivity contribution is 6.34. The van der Waals surface area contributed by atoms with Gasteiger partial charge >= 0.3 is 5.69 Å². The second-order valence-electron chi connectivity index (χ2n) is 5.60. The number of halogens is 1. The molecule has 3 rings (SSSR count). The Morgan fingerprint density at radius 2 is 2.30 bits per heavy atom.